The average molecular weight is 274 g/mol. The number of nitrogens with zero attached hydrogens (tertiary/aromatic N) is 1. The predicted molar refractivity (Wildman–Crippen MR) is 73.1 cm³/mol. The average Bonchev–Trinajstić information content (AvgIpc) is 2.46. The first-order chi connectivity index (χ1) is 9.20. The minimum absolute atomic E-state index is 0.0685. The Hall–Kier alpha value is -2.02. The number of ether oxygens (including phenoxy) is 1. The van der Waals surface area contributed by atoms with Crippen LogP contribution in [0.5, 0.6) is 5.75 Å². The van der Waals surface area contributed by atoms with Gasteiger partial charge in [-0.25, -0.2) is 0 Å². The molecule has 0 radical (unpaired) electrons. The molecule has 1 atom stereocenters. The lowest BCUT2D eigenvalue weighted by atomic mass is 10.1. The number of aliphatic hydroxyl groups excluding tert-OH is 1. The van der Waals surface area contributed by atoms with Gasteiger partial charge in [-0.2, -0.15) is 5.26 Å². The van der Waals surface area contributed by atoms with Crippen molar-refractivity contribution in [2.24, 2.45) is 0 Å². The summed E-state index contributed by atoms with van der Waals surface area (Å²) in [5, 5.41) is 19.4. The zero-order chi connectivity index (χ0) is 13.7. The number of aliphatic hydroxyl groups is 1. The van der Waals surface area contributed by atoms with Crippen LogP contribution in [0, 0.1) is 11.3 Å². The normalized spacial score (nSPS) is 11.6. The second-order valence-electron chi connectivity index (χ2n) is 3.99. The van der Waals surface area contributed by atoms with Crippen LogP contribution in [0.25, 0.3) is 0 Å². The highest BCUT2D eigenvalue weighted by Gasteiger charge is 2.10. The van der Waals surface area contributed by atoms with Crippen molar-refractivity contribution >= 4 is 11.6 Å². The molecule has 2 aromatic rings. The maximum absolute atomic E-state index is 9.97. The van der Waals surface area contributed by atoms with Gasteiger partial charge in [0, 0.05) is 11.1 Å². The van der Waals surface area contributed by atoms with Crippen molar-refractivity contribution in [2.45, 2.75) is 6.10 Å². The molecule has 19 heavy (non-hydrogen) atoms. The number of halogens is 1. The van der Waals surface area contributed by atoms with E-state index in [1.807, 2.05) is 36.4 Å². The van der Waals surface area contributed by atoms with E-state index < -0.39 is 6.10 Å². The maximum atomic E-state index is 9.97. The third kappa shape index (κ3) is 3.47. The molecule has 0 bridgehead atoms. The fourth-order valence-corrected chi connectivity index (χ4v) is 1.81. The number of nitriles is 1. The summed E-state index contributed by atoms with van der Waals surface area (Å²) in [6, 6.07) is 16.0. The zero-order valence-electron chi connectivity index (χ0n) is 10.1. The van der Waals surface area contributed by atoms with Gasteiger partial charge in [-0.15, -0.1) is 0 Å². The summed E-state index contributed by atoms with van der Waals surface area (Å²) in [6.45, 7) is 0.0685. The Balaban J connectivity index is 2.07. The summed E-state index contributed by atoms with van der Waals surface area (Å²) in [5.74, 6) is 0.380. The lowest BCUT2D eigenvalue weighted by molar-refractivity contribution is 0.108. The summed E-state index contributed by atoms with van der Waals surface area (Å²) in [7, 11) is 0. The molecular formula is C15H12ClNO2. The minimum Gasteiger partial charge on any atom is -0.489 e. The van der Waals surface area contributed by atoms with Gasteiger partial charge in [0.25, 0.3) is 0 Å². The van der Waals surface area contributed by atoms with Gasteiger partial charge in [0.2, 0.25) is 0 Å². The molecule has 2 aromatic carbocycles. The van der Waals surface area contributed by atoms with E-state index in [4.69, 9.17) is 21.6 Å². The topological polar surface area (TPSA) is 53.2 Å². The summed E-state index contributed by atoms with van der Waals surface area (Å²) in [6.07, 6.45) is -0.744. The van der Waals surface area contributed by atoms with Crippen LogP contribution in [0.1, 0.15) is 17.2 Å². The molecule has 0 aliphatic heterocycles. The summed E-state index contributed by atoms with van der Waals surface area (Å²) in [5.41, 5.74) is 1.16. The number of benzene rings is 2. The first-order valence-electron chi connectivity index (χ1n) is 5.76. The molecule has 0 saturated carbocycles. The van der Waals surface area contributed by atoms with Crippen molar-refractivity contribution in [1.29, 1.82) is 5.26 Å². The Morgan fingerprint density at radius 2 is 1.95 bits per heavy atom. The van der Waals surface area contributed by atoms with Crippen LogP contribution in [0.3, 0.4) is 0 Å². The zero-order valence-corrected chi connectivity index (χ0v) is 10.8. The number of hydrogen-bond acceptors (Lipinski definition) is 3. The van der Waals surface area contributed by atoms with E-state index in [-0.39, 0.29) is 6.61 Å². The molecule has 0 heterocycles. The van der Waals surface area contributed by atoms with E-state index >= 15 is 0 Å². The third-order valence-electron chi connectivity index (χ3n) is 2.65. The molecule has 0 aliphatic carbocycles. The van der Waals surface area contributed by atoms with Crippen molar-refractivity contribution in [1.82, 2.24) is 0 Å². The Bertz CT molecular complexity index is 593. The van der Waals surface area contributed by atoms with Gasteiger partial charge in [0.05, 0.1) is 5.56 Å². The second kappa shape index (κ2) is 6.24. The van der Waals surface area contributed by atoms with Crippen molar-refractivity contribution in [3.05, 3.63) is 64.7 Å². The van der Waals surface area contributed by atoms with Gasteiger partial charge in [0.1, 0.15) is 24.5 Å². The van der Waals surface area contributed by atoms with Crippen LogP contribution in [0.2, 0.25) is 5.02 Å². The number of rotatable bonds is 4. The lowest BCUT2D eigenvalue weighted by Crippen LogP contribution is -2.10. The lowest BCUT2D eigenvalue weighted by Gasteiger charge is -2.13. The summed E-state index contributed by atoms with van der Waals surface area (Å²) in [4.78, 5) is 0. The third-order valence-corrected chi connectivity index (χ3v) is 2.88. The summed E-state index contributed by atoms with van der Waals surface area (Å²) >= 11 is 5.85. The molecule has 0 fully saturated rings. The molecular weight excluding hydrogens is 262 g/mol. The van der Waals surface area contributed by atoms with Gasteiger partial charge in [0.15, 0.2) is 0 Å². The Morgan fingerprint density at radius 3 is 2.63 bits per heavy atom. The molecule has 0 saturated heterocycles. The highest BCUT2D eigenvalue weighted by molar-refractivity contribution is 6.30. The molecule has 1 N–H and O–H groups in total. The standard InChI is InChI=1S/C15H12ClNO2/c16-13-7-6-12(9-17)15(8-13)19-10-14(18)11-4-2-1-3-5-11/h1-8,14,18H,10H2. The molecule has 0 amide bonds. The van der Waals surface area contributed by atoms with Crippen LogP contribution < -0.4 is 4.74 Å². The quantitative estimate of drug-likeness (QED) is 0.930. The van der Waals surface area contributed by atoms with E-state index in [1.165, 1.54) is 0 Å². The molecule has 4 heteroatoms. The maximum Gasteiger partial charge on any atom is 0.138 e. The van der Waals surface area contributed by atoms with E-state index in [0.29, 0.717) is 16.3 Å². The van der Waals surface area contributed by atoms with Crippen LogP contribution >= 0.6 is 11.6 Å². The molecule has 0 spiro atoms. The van der Waals surface area contributed by atoms with Gasteiger partial charge in [-0.1, -0.05) is 41.9 Å². The SMILES string of the molecule is N#Cc1ccc(Cl)cc1OCC(O)c1ccccc1. The van der Waals surface area contributed by atoms with Gasteiger partial charge < -0.3 is 9.84 Å². The highest BCUT2D eigenvalue weighted by atomic mass is 35.5. The molecule has 0 aliphatic rings. The van der Waals surface area contributed by atoms with Crippen LogP contribution in [-0.4, -0.2) is 11.7 Å². The first-order valence-corrected chi connectivity index (χ1v) is 6.14. The van der Waals surface area contributed by atoms with Crippen molar-refractivity contribution in [3.8, 4) is 11.8 Å². The van der Waals surface area contributed by atoms with E-state index in [1.54, 1.807) is 18.2 Å². The van der Waals surface area contributed by atoms with E-state index in [9.17, 15) is 5.11 Å². The largest absolute Gasteiger partial charge is 0.489 e. The van der Waals surface area contributed by atoms with Gasteiger partial charge in [-0.3, -0.25) is 0 Å². The molecule has 0 aromatic heterocycles. The van der Waals surface area contributed by atoms with Crippen LogP contribution in [-0.2, 0) is 0 Å². The van der Waals surface area contributed by atoms with Crippen molar-refractivity contribution in [2.75, 3.05) is 6.61 Å². The summed E-state index contributed by atoms with van der Waals surface area (Å²) < 4.78 is 5.47. The smallest absolute Gasteiger partial charge is 0.138 e. The highest BCUT2D eigenvalue weighted by Crippen LogP contribution is 2.24. The minimum atomic E-state index is -0.744. The van der Waals surface area contributed by atoms with Gasteiger partial charge >= 0.3 is 0 Å². The van der Waals surface area contributed by atoms with Gasteiger partial charge in [-0.05, 0) is 17.7 Å². The van der Waals surface area contributed by atoms with Crippen molar-refractivity contribution < 1.29 is 9.84 Å². The van der Waals surface area contributed by atoms with E-state index in [0.717, 1.165) is 5.56 Å². The molecule has 1 unspecified atom stereocenters. The first kappa shape index (κ1) is 13.4. The Morgan fingerprint density at radius 1 is 1.21 bits per heavy atom. The van der Waals surface area contributed by atoms with Crippen LogP contribution in [0.4, 0.5) is 0 Å². The monoisotopic (exact) mass is 273 g/mol. The predicted octanol–water partition coefficient (Wildman–Crippen LogP) is 3.32. The van der Waals surface area contributed by atoms with Crippen molar-refractivity contribution in [3.63, 3.8) is 0 Å². The fourth-order valence-electron chi connectivity index (χ4n) is 1.65. The molecule has 96 valence electrons. The Labute approximate surface area is 116 Å². The van der Waals surface area contributed by atoms with E-state index in [2.05, 4.69) is 0 Å². The molecule has 3 nitrogen and oxygen atoms in total. The second-order valence-corrected chi connectivity index (χ2v) is 4.43. The fraction of sp³-hybridized carbons (Fsp3) is 0.133. The molecule has 2 rings (SSSR count). The number of hydrogen-bond donors (Lipinski definition) is 1. The van der Waals surface area contributed by atoms with Crippen LogP contribution in [0.15, 0.2) is 48.5 Å². The Kier molecular flexibility index (Phi) is 4.40.